The Hall–Kier alpha value is -6.50. The minimum Gasteiger partial charge on any atom is -0.478 e. The van der Waals surface area contributed by atoms with Crippen molar-refractivity contribution in [3.8, 4) is 0 Å². The number of aromatic nitrogens is 6. The third kappa shape index (κ3) is 11.1. The number of halogens is 2. The second kappa shape index (κ2) is 18.2. The van der Waals surface area contributed by atoms with Gasteiger partial charge >= 0.3 is 11.9 Å². The van der Waals surface area contributed by atoms with Crippen molar-refractivity contribution in [1.82, 2.24) is 29.9 Å². The maximum atomic E-state index is 12.5. The van der Waals surface area contributed by atoms with E-state index in [-0.39, 0.29) is 56.7 Å². The first-order chi connectivity index (χ1) is 27.7. The number of benzene rings is 4. The average Bonchev–Trinajstić information content (AvgIpc) is 3.16. The van der Waals surface area contributed by atoms with E-state index in [1.165, 1.54) is 72.8 Å². The van der Waals surface area contributed by atoms with Gasteiger partial charge in [0.15, 0.2) is 0 Å². The molecule has 4 aromatic carbocycles. The van der Waals surface area contributed by atoms with Crippen LogP contribution in [0.4, 0.5) is 46.5 Å². The number of rotatable bonds is 16. The predicted molar refractivity (Wildman–Crippen MR) is 212 cm³/mol. The number of carbonyl (C=O) groups is 2. The van der Waals surface area contributed by atoms with Crippen LogP contribution in [0.25, 0.3) is 12.2 Å². The number of carboxylic acid groups (broad SMARTS) is 2. The van der Waals surface area contributed by atoms with Gasteiger partial charge in [-0.15, -0.1) is 4.33 Å². The van der Waals surface area contributed by atoms with Crippen molar-refractivity contribution in [3.05, 3.63) is 118 Å². The van der Waals surface area contributed by atoms with Crippen molar-refractivity contribution >= 4 is 116 Å². The van der Waals surface area contributed by atoms with Gasteiger partial charge in [-0.05, 0) is 107 Å². The van der Waals surface area contributed by atoms with Crippen molar-refractivity contribution in [2.24, 2.45) is 0 Å². The minimum atomic E-state index is -4.79. The molecule has 8 N–H and O–H groups in total. The largest absolute Gasteiger partial charge is 0.478 e. The molecule has 2 heterocycles. The average molecular weight is 868 g/mol. The fourth-order valence-electron chi connectivity index (χ4n) is 4.86. The number of hydrogen-bond acceptors (Lipinski definition) is 18. The molecule has 0 spiro atoms. The molecule has 0 saturated heterocycles. The van der Waals surface area contributed by atoms with Crippen molar-refractivity contribution in [2.75, 3.05) is 21.3 Å². The lowest BCUT2D eigenvalue weighted by Crippen LogP contribution is -2.06. The fraction of sp³-hybridized carbons (Fsp3) is 0. The van der Waals surface area contributed by atoms with Crippen LogP contribution in [0.2, 0.25) is 10.6 Å². The van der Waals surface area contributed by atoms with E-state index in [1.807, 2.05) is 0 Å². The Morgan fingerprint density at radius 2 is 1.00 bits per heavy atom. The summed E-state index contributed by atoms with van der Waals surface area (Å²) in [5, 5.41) is 42.1. The highest BCUT2D eigenvalue weighted by molar-refractivity contribution is 7.94. The van der Waals surface area contributed by atoms with Crippen LogP contribution in [0.5, 0.6) is 0 Å². The highest BCUT2D eigenvalue weighted by atomic mass is 35.5. The number of carboxylic acids is 2. The number of aromatic carboxylic acids is 2. The number of nitrogens with one attached hydrogen (secondary N) is 4. The van der Waals surface area contributed by atoms with Crippen molar-refractivity contribution in [3.63, 3.8) is 0 Å². The first kappa shape index (κ1) is 41.1. The molecule has 0 aliphatic rings. The Balaban J connectivity index is 1.20. The summed E-state index contributed by atoms with van der Waals surface area (Å²) in [5.41, 5.74) is 2.16. The van der Waals surface area contributed by atoms with Crippen LogP contribution in [0.15, 0.2) is 94.7 Å². The first-order valence-electron chi connectivity index (χ1n) is 15.9. The molecular weight excluding hydrogens is 843 g/mol. The molecule has 6 aromatic rings. The van der Waals surface area contributed by atoms with E-state index in [0.29, 0.717) is 39.6 Å². The zero-order valence-electron chi connectivity index (χ0n) is 28.7. The topological polar surface area (TPSA) is 293 Å². The van der Waals surface area contributed by atoms with Gasteiger partial charge in [-0.1, -0.05) is 29.3 Å². The second-order valence-electron chi connectivity index (χ2n) is 11.3. The summed E-state index contributed by atoms with van der Waals surface area (Å²) in [7, 11) is -4.79. The molecule has 0 saturated carbocycles. The van der Waals surface area contributed by atoms with Crippen molar-refractivity contribution in [2.45, 2.75) is 9.79 Å². The molecule has 0 atom stereocenters. The summed E-state index contributed by atoms with van der Waals surface area (Å²) < 4.78 is 39.8. The smallest absolute Gasteiger partial charge is 0.335 e. The third-order valence-corrected chi connectivity index (χ3v) is 9.32. The van der Waals surface area contributed by atoms with E-state index in [0.717, 1.165) is 6.07 Å². The summed E-state index contributed by atoms with van der Waals surface area (Å²) in [4.78, 5) is 46.8. The van der Waals surface area contributed by atoms with Gasteiger partial charge in [0.05, 0.1) is 23.2 Å². The Bertz CT molecular complexity index is 2640. The maximum Gasteiger partial charge on any atom is 0.335 e. The van der Waals surface area contributed by atoms with Crippen LogP contribution < -0.4 is 21.3 Å². The zero-order valence-corrected chi connectivity index (χ0v) is 31.9. The molecule has 0 fully saturated rings. The Labute approximate surface area is 340 Å². The first-order valence-corrected chi connectivity index (χ1v) is 18.8. The quantitative estimate of drug-likeness (QED) is 0.0153. The lowest BCUT2D eigenvalue weighted by Gasteiger charge is -2.11. The highest BCUT2D eigenvalue weighted by Crippen LogP contribution is 2.32. The molecule has 0 aliphatic carbocycles. The lowest BCUT2D eigenvalue weighted by molar-refractivity contribution is -0.432. The standard InChI is InChI=1S/C34H24Cl2N10O10S2/c35-29-41-31(37-21-9-5-19(6-10-21)27(47)48)45-33(43-29)39-23-13-3-17(25(15-23)57-56-55-51)1-2-18-4-14-24(16-26(18)58(52,53)54)40-34-44-30(36)42-32(46-34)38-22-11-7-20(8-12-22)28(49)50/h1-16,51H,(H,47,48)(H,49,50)(H,52,53,54)(H2,37,39,41,43,45)(H2,38,40,42,44,46)/b2-1+. The summed E-state index contributed by atoms with van der Waals surface area (Å²) in [6, 6.07) is 20.4. The molecule has 58 heavy (non-hydrogen) atoms. The van der Waals surface area contributed by atoms with Crippen LogP contribution in [-0.2, 0) is 19.5 Å². The number of hydrogen-bond donors (Lipinski definition) is 8. The van der Waals surface area contributed by atoms with E-state index in [4.69, 9.17) is 38.7 Å². The SMILES string of the molecule is O=C(O)c1ccc(Nc2nc(Cl)nc(Nc3ccc(/C=C/c4ccc(Nc5nc(Cl)nc(Nc6ccc(C(=O)O)cc6)n5)cc4S(=O)(=O)O)c(SOOO)c3)n2)cc1. The molecule has 0 radical (unpaired) electrons. The number of nitrogens with zero attached hydrogens (tertiary/aromatic N) is 6. The van der Waals surface area contributed by atoms with Crippen molar-refractivity contribution in [1.29, 1.82) is 0 Å². The molecule has 0 bridgehead atoms. The monoisotopic (exact) mass is 866 g/mol. The van der Waals surface area contributed by atoms with Gasteiger partial charge < -0.3 is 31.5 Å². The summed E-state index contributed by atoms with van der Waals surface area (Å²) in [5.74, 6) is -2.20. The molecule has 296 valence electrons. The van der Waals surface area contributed by atoms with Crippen LogP contribution >= 0.6 is 35.2 Å². The Kier molecular flexibility index (Phi) is 12.9. The van der Waals surface area contributed by atoms with Crippen molar-refractivity contribution < 1.29 is 47.4 Å². The van der Waals surface area contributed by atoms with Gasteiger partial charge in [-0.2, -0.15) is 38.3 Å². The molecule has 0 unspecified atom stereocenters. The van der Waals surface area contributed by atoms with Gasteiger partial charge in [-0.25, -0.2) is 14.8 Å². The van der Waals surface area contributed by atoms with Gasteiger partial charge in [0, 0.05) is 27.6 Å². The Morgan fingerprint density at radius 1 is 0.603 bits per heavy atom. The van der Waals surface area contributed by atoms with Gasteiger partial charge in [0.1, 0.15) is 4.90 Å². The molecule has 6 rings (SSSR count). The van der Waals surface area contributed by atoms with Crippen LogP contribution in [0.3, 0.4) is 0 Å². The van der Waals surface area contributed by atoms with Gasteiger partial charge in [-0.3, -0.25) is 4.55 Å². The molecule has 0 amide bonds. The summed E-state index contributed by atoms with van der Waals surface area (Å²) in [6.07, 6.45) is 2.91. The van der Waals surface area contributed by atoms with E-state index in [2.05, 4.69) is 60.5 Å². The van der Waals surface area contributed by atoms with Gasteiger partial charge in [0.2, 0.25) is 34.4 Å². The van der Waals surface area contributed by atoms with E-state index < -0.39 is 27.0 Å². The second-order valence-corrected chi connectivity index (χ2v) is 14.1. The zero-order chi connectivity index (χ0) is 41.4. The highest BCUT2D eigenvalue weighted by Gasteiger charge is 2.17. The van der Waals surface area contributed by atoms with E-state index >= 15 is 0 Å². The van der Waals surface area contributed by atoms with Gasteiger partial charge in [0.25, 0.3) is 10.1 Å². The molecule has 20 nitrogen and oxygen atoms in total. The van der Waals surface area contributed by atoms with Crippen LogP contribution in [0.1, 0.15) is 31.8 Å². The maximum absolute atomic E-state index is 12.5. The molecular formula is C34H24Cl2N10O10S2. The molecule has 0 aliphatic heterocycles. The van der Waals surface area contributed by atoms with E-state index in [1.54, 1.807) is 18.2 Å². The third-order valence-electron chi connectivity index (χ3n) is 7.41. The summed E-state index contributed by atoms with van der Waals surface area (Å²) >= 11 is 12.8. The molecule has 24 heteroatoms. The molecule has 2 aromatic heterocycles. The van der Waals surface area contributed by atoms with Crippen LogP contribution in [-0.4, -0.2) is 70.3 Å². The van der Waals surface area contributed by atoms with Crippen LogP contribution in [0, 0.1) is 0 Å². The lowest BCUT2D eigenvalue weighted by atomic mass is 10.1. The predicted octanol–water partition coefficient (Wildman–Crippen LogP) is 7.58. The minimum absolute atomic E-state index is 0.00787. The normalized spacial score (nSPS) is 11.3. The Morgan fingerprint density at radius 3 is 1.43 bits per heavy atom. The summed E-state index contributed by atoms with van der Waals surface area (Å²) in [6.45, 7) is 0. The number of anilines is 8. The fourth-order valence-corrected chi connectivity index (χ4v) is 6.40. The van der Waals surface area contributed by atoms with E-state index in [9.17, 15) is 22.6 Å².